The van der Waals surface area contributed by atoms with E-state index in [0.717, 1.165) is 5.56 Å². The van der Waals surface area contributed by atoms with E-state index in [1.165, 1.54) is 0 Å². The molecule has 1 aromatic heterocycles. The van der Waals surface area contributed by atoms with Gasteiger partial charge in [-0.05, 0) is 23.2 Å². The van der Waals surface area contributed by atoms with Crippen LogP contribution in [0.3, 0.4) is 0 Å². The van der Waals surface area contributed by atoms with Crippen molar-refractivity contribution in [2.45, 2.75) is 19.8 Å². The molecule has 1 aromatic rings. The van der Waals surface area contributed by atoms with Crippen molar-refractivity contribution in [2.75, 3.05) is 0 Å². The molecule has 0 atom stereocenters. The van der Waals surface area contributed by atoms with Crippen LogP contribution in [0.15, 0.2) is 12.6 Å². The molecule has 0 aliphatic heterocycles. The van der Waals surface area contributed by atoms with E-state index in [1.54, 1.807) is 6.08 Å². The molecule has 1 rings (SSSR count). The molecule has 0 saturated carbocycles. The number of aromatic nitrogens is 1. The Hall–Kier alpha value is -0.980. The Kier molecular flexibility index (Phi) is 2.97. The van der Waals surface area contributed by atoms with Gasteiger partial charge in [0.1, 0.15) is 15.7 Å². The average molecular weight is 167 g/mol. The summed E-state index contributed by atoms with van der Waals surface area (Å²) in [4.78, 5) is 4.15. The number of rotatable bonds is 2. The zero-order chi connectivity index (χ0) is 10.0. The zero-order valence-electron chi connectivity index (χ0n) is 8.04. The molecule has 0 saturated heterocycles. The molecule has 0 bridgehead atoms. The van der Waals surface area contributed by atoms with E-state index in [2.05, 4.69) is 25.4 Å². The van der Waals surface area contributed by atoms with Crippen LogP contribution in [0.4, 0.5) is 0 Å². The van der Waals surface area contributed by atoms with E-state index in [4.69, 9.17) is 15.7 Å². The lowest BCUT2D eigenvalue weighted by Gasteiger charge is -2.12. The van der Waals surface area contributed by atoms with Gasteiger partial charge in [0.25, 0.3) is 0 Å². The number of nitrogens with zero attached hydrogens (tertiary/aromatic N) is 1. The topological polar surface area (TPSA) is 12.9 Å². The van der Waals surface area contributed by atoms with E-state index in [0.29, 0.717) is 22.7 Å². The summed E-state index contributed by atoms with van der Waals surface area (Å²) >= 11 is 0. The van der Waals surface area contributed by atoms with Crippen molar-refractivity contribution in [3.63, 3.8) is 0 Å². The van der Waals surface area contributed by atoms with Gasteiger partial charge >= 0.3 is 0 Å². The Morgan fingerprint density at radius 1 is 1.46 bits per heavy atom. The first-order valence-electron chi connectivity index (χ1n) is 4.24. The summed E-state index contributed by atoms with van der Waals surface area (Å²) in [7, 11) is 11.5. The third kappa shape index (κ3) is 2.03. The van der Waals surface area contributed by atoms with E-state index in [1.807, 2.05) is 6.07 Å². The predicted molar refractivity (Wildman–Crippen MR) is 59.2 cm³/mol. The van der Waals surface area contributed by atoms with Gasteiger partial charge in [0.15, 0.2) is 0 Å². The third-order valence-corrected chi connectivity index (χ3v) is 1.96. The minimum absolute atomic E-state index is 0.341. The standard InChI is InChI=1S/C10H11B2N/c1-4-9-8(11)5-7(6(2)3)10(12)13-9/h4-6H,1H2,2-3H3. The minimum atomic E-state index is 0.341. The van der Waals surface area contributed by atoms with Crippen LogP contribution < -0.4 is 11.1 Å². The summed E-state index contributed by atoms with van der Waals surface area (Å²) in [5.74, 6) is 0.341. The van der Waals surface area contributed by atoms with Gasteiger partial charge < -0.3 is 0 Å². The summed E-state index contributed by atoms with van der Waals surface area (Å²) in [5, 5.41) is 0. The molecule has 0 spiro atoms. The molecule has 0 N–H and O–H groups in total. The Morgan fingerprint density at radius 3 is 2.54 bits per heavy atom. The van der Waals surface area contributed by atoms with Crippen LogP contribution in [0.1, 0.15) is 31.0 Å². The van der Waals surface area contributed by atoms with Crippen molar-refractivity contribution < 1.29 is 0 Å². The van der Waals surface area contributed by atoms with Crippen molar-refractivity contribution in [1.29, 1.82) is 0 Å². The van der Waals surface area contributed by atoms with Gasteiger partial charge in [-0.3, -0.25) is 4.98 Å². The summed E-state index contributed by atoms with van der Waals surface area (Å²) in [6.45, 7) is 7.72. The van der Waals surface area contributed by atoms with Gasteiger partial charge in [-0.2, -0.15) is 0 Å². The molecule has 0 unspecified atom stereocenters. The van der Waals surface area contributed by atoms with E-state index < -0.39 is 0 Å². The van der Waals surface area contributed by atoms with E-state index in [-0.39, 0.29) is 0 Å². The Balaban J connectivity index is 3.28. The Bertz CT molecular complexity index is 332. The first kappa shape index (κ1) is 10.1. The normalized spacial score (nSPS) is 10.4. The van der Waals surface area contributed by atoms with Gasteiger partial charge in [-0.1, -0.05) is 32.0 Å². The fraction of sp³-hybridized carbons (Fsp3) is 0.300. The molecule has 62 valence electrons. The second-order valence-corrected chi connectivity index (χ2v) is 3.30. The lowest BCUT2D eigenvalue weighted by atomic mass is 9.84. The SMILES string of the molecule is [B]c1cc(C(C)C)c([B])nc1C=C. The van der Waals surface area contributed by atoms with Crippen LogP contribution in [0, 0.1) is 0 Å². The van der Waals surface area contributed by atoms with Gasteiger partial charge in [-0.25, -0.2) is 0 Å². The molecule has 0 aliphatic rings. The van der Waals surface area contributed by atoms with Crippen LogP contribution in [0.5, 0.6) is 0 Å². The molecular weight excluding hydrogens is 156 g/mol. The van der Waals surface area contributed by atoms with Crippen molar-refractivity contribution >= 4 is 32.8 Å². The van der Waals surface area contributed by atoms with Crippen molar-refractivity contribution in [3.05, 3.63) is 23.9 Å². The maximum Gasteiger partial charge on any atom is 0.142 e. The van der Waals surface area contributed by atoms with Gasteiger partial charge in [-0.15, -0.1) is 0 Å². The fourth-order valence-electron chi connectivity index (χ4n) is 1.20. The maximum atomic E-state index is 5.75. The highest BCUT2D eigenvalue weighted by atomic mass is 14.7. The van der Waals surface area contributed by atoms with E-state index in [9.17, 15) is 0 Å². The zero-order valence-corrected chi connectivity index (χ0v) is 8.04. The summed E-state index contributed by atoms with van der Waals surface area (Å²) in [6, 6.07) is 1.87. The smallest absolute Gasteiger partial charge is 0.142 e. The van der Waals surface area contributed by atoms with Gasteiger partial charge in [0, 0.05) is 0 Å². The molecule has 1 nitrogen and oxygen atoms in total. The monoisotopic (exact) mass is 167 g/mol. The first-order chi connectivity index (χ1) is 6.06. The second kappa shape index (κ2) is 3.82. The highest BCUT2D eigenvalue weighted by Gasteiger charge is 2.06. The maximum absolute atomic E-state index is 5.75. The molecule has 0 amide bonds. The van der Waals surface area contributed by atoms with Crippen molar-refractivity contribution in [2.24, 2.45) is 0 Å². The summed E-state index contributed by atoms with van der Waals surface area (Å²) in [6.07, 6.45) is 1.61. The van der Waals surface area contributed by atoms with E-state index >= 15 is 0 Å². The minimum Gasteiger partial charge on any atom is -0.265 e. The number of hydrogen-bond acceptors (Lipinski definition) is 1. The van der Waals surface area contributed by atoms with Crippen LogP contribution >= 0.6 is 0 Å². The van der Waals surface area contributed by atoms with Gasteiger partial charge in [0.05, 0.1) is 5.69 Å². The van der Waals surface area contributed by atoms with Crippen LogP contribution in [0.2, 0.25) is 0 Å². The third-order valence-electron chi connectivity index (χ3n) is 1.96. The largest absolute Gasteiger partial charge is 0.265 e. The first-order valence-corrected chi connectivity index (χ1v) is 4.24. The molecule has 1 heterocycles. The molecule has 0 aromatic carbocycles. The summed E-state index contributed by atoms with van der Waals surface area (Å²) in [5.41, 5.74) is 2.82. The summed E-state index contributed by atoms with van der Waals surface area (Å²) < 4.78 is 0. The molecule has 4 radical (unpaired) electrons. The Morgan fingerprint density at radius 2 is 2.08 bits per heavy atom. The second-order valence-electron chi connectivity index (χ2n) is 3.30. The highest BCUT2D eigenvalue weighted by molar-refractivity contribution is 6.36. The quantitative estimate of drug-likeness (QED) is 0.582. The lowest BCUT2D eigenvalue weighted by Crippen LogP contribution is -2.24. The number of pyridine rings is 1. The highest BCUT2D eigenvalue weighted by Crippen LogP contribution is 2.09. The van der Waals surface area contributed by atoms with Crippen LogP contribution in [-0.2, 0) is 0 Å². The fourth-order valence-corrected chi connectivity index (χ4v) is 1.20. The van der Waals surface area contributed by atoms with Crippen LogP contribution in [0.25, 0.3) is 6.08 Å². The predicted octanol–water partition coefficient (Wildman–Crippen LogP) is 0.436. The van der Waals surface area contributed by atoms with Crippen LogP contribution in [-0.4, -0.2) is 20.7 Å². The molecular formula is C10H11B2N. The van der Waals surface area contributed by atoms with Crippen molar-refractivity contribution in [1.82, 2.24) is 4.98 Å². The van der Waals surface area contributed by atoms with Gasteiger partial charge in [0.2, 0.25) is 0 Å². The average Bonchev–Trinajstić information content (AvgIpc) is 2.07. The number of hydrogen-bond donors (Lipinski definition) is 0. The lowest BCUT2D eigenvalue weighted by molar-refractivity contribution is 0.869. The molecule has 0 fully saturated rings. The molecule has 13 heavy (non-hydrogen) atoms. The molecule has 0 aliphatic carbocycles. The molecule has 3 heteroatoms. The van der Waals surface area contributed by atoms with Crippen molar-refractivity contribution in [3.8, 4) is 0 Å². The Labute approximate surface area is 82.1 Å².